The Morgan fingerprint density at radius 2 is 2.22 bits per heavy atom. The zero-order chi connectivity index (χ0) is 13.0. The van der Waals surface area contributed by atoms with Crippen molar-refractivity contribution < 1.29 is 0 Å². The minimum absolute atomic E-state index is 0.0103. The van der Waals surface area contributed by atoms with Gasteiger partial charge in [-0.2, -0.15) is 0 Å². The molecule has 0 amide bonds. The normalized spacial score (nSPS) is 12.6. The van der Waals surface area contributed by atoms with Crippen LogP contribution in [0.25, 0.3) is 0 Å². The summed E-state index contributed by atoms with van der Waals surface area (Å²) in [6.45, 7) is 3.04. The number of rotatable bonds is 5. The highest BCUT2D eigenvalue weighted by Gasteiger charge is 2.18. The van der Waals surface area contributed by atoms with Gasteiger partial charge < -0.3 is 5.32 Å². The number of benzene rings is 1. The number of nitrogens with zero attached hydrogens (tertiary/aromatic N) is 1. The Labute approximate surface area is 121 Å². The van der Waals surface area contributed by atoms with E-state index in [4.69, 9.17) is 23.2 Å². The van der Waals surface area contributed by atoms with Crippen LogP contribution >= 0.6 is 34.5 Å². The van der Waals surface area contributed by atoms with Crippen LogP contribution in [0.4, 0.5) is 0 Å². The van der Waals surface area contributed by atoms with E-state index in [2.05, 4.69) is 17.2 Å². The Bertz CT molecular complexity index is 500. The molecule has 0 aliphatic carbocycles. The van der Waals surface area contributed by atoms with E-state index in [1.165, 1.54) is 0 Å². The summed E-state index contributed by atoms with van der Waals surface area (Å²) in [6, 6.07) is 5.54. The van der Waals surface area contributed by atoms with Crippen molar-refractivity contribution in [1.82, 2.24) is 10.3 Å². The van der Waals surface area contributed by atoms with Gasteiger partial charge in [0.25, 0.3) is 0 Å². The van der Waals surface area contributed by atoms with E-state index in [9.17, 15) is 0 Å². The first-order valence-electron chi connectivity index (χ1n) is 5.80. The molecule has 0 saturated heterocycles. The predicted molar refractivity (Wildman–Crippen MR) is 78.7 cm³/mol. The second-order valence-electron chi connectivity index (χ2n) is 3.92. The Hall–Kier alpha value is -0.610. The summed E-state index contributed by atoms with van der Waals surface area (Å²) in [5.41, 5.74) is 0.979. The monoisotopic (exact) mass is 300 g/mol. The summed E-state index contributed by atoms with van der Waals surface area (Å²) in [6.07, 6.45) is 2.86. The lowest BCUT2D eigenvalue weighted by molar-refractivity contribution is 0.596. The van der Waals surface area contributed by atoms with Gasteiger partial charge >= 0.3 is 0 Å². The lowest BCUT2D eigenvalue weighted by Crippen LogP contribution is -2.23. The molecule has 0 radical (unpaired) electrons. The van der Waals surface area contributed by atoms with E-state index >= 15 is 0 Å². The fourth-order valence-electron chi connectivity index (χ4n) is 1.73. The molecule has 0 saturated carbocycles. The number of thiazole rings is 1. The summed E-state index contributed by atoms with van der Waals surface area (Å²) < 4.78 is 0. The van der Waals surface area contributed by atoms with Gasteiger partial charge in [0.1, 0.15) is 5.01 Å². The van der Waals surface area contributed by atoms with Crippen molar-refractivity contribution in [2.75, 3.05) is 6.54 Å². The van der Waals surface area contributed by atoms with Crippen LogP contribution < -0.4 is 5.32 Å². The van der Waals surface area contributed by atoms with E-state index in [0.717, 1.165) is 23.5 Å². The molecule has 1 atom stereocenters. The molecule has 1 aromatic heterocycles. The van der Waals surface area contributed by atoms with Gasteiger partial charge in [0.05, 0.1) is 6.04 Å². The lowest BCUT2D eigenvalue weighted by atomic mass is 10.1. The van der Waals surface area contributed by atoms with Crippen molar-refractivity contribution in [2.45, 2.75) is 19.4 Å². The molecule has 1 aromatic carbocycles. The van der Waals surface area contributed by atoms with Crippen molar-refractivity contribution in [1.29, 1.82) is 0 Å². The molecular weight excluding hydrogens is 287 g/mol. The van der Waals surface area contributed by atoms with Gasteiger partial charge in [-0.15, -0.1) is 11.3 Å². The highest BCUT2D eigenvalue weighted by molar-refractivity contribution is 7.09. The maximum atomic E-state index is 6.27. The van der Waals surface area contributed by atoms with E-state index in [1.807, 2.05) is 17.5 Å². The Kier molecular flexibility index (Phi) is 5.01. The van der Waals surface area contributed by atoms with Crippen LogP contribution in [0.3, 0.4) is 0 Å². The van der Waals surface area contributed by atoms with Crippen LogP contribution in [-0.4, -0.2) is 11.5 Å². The van der Waals surface area contributed by atoms with Gasteiger partial charge in [0.15, 0.2) is 0 Å². The molecule has 0 bridgehead atoms. The number of aromatic nitrogens is 1. The molecule has 2 rings (SSSR count). The first kappa shape index (κ1) is 13.8. The molecule has 0 fully saturated rings. The summed E-state index contributed by atoms with van der Waals surface area (Å²) in [5.74, 6) is 0. The van der Waals surface area contributed by atoms with Crippen molar-refractivity contribution in [3.8, 4) is 0 Å². The molecule has 96 valence electrons. The third-order valence-corrected chi connectivity index (χ3v) is 3.99. The number of nitrogens with one attached hydrogen (secondary N) is 1. The lowest BCUT2D eigenvalue weighted by Gasteiger charge is -2.18. The summed E-state index contributed by atoms with van der Waals surface area (Å²) >= 11 is 13.9. The summed E-state index contributed by atoms with van der Waals surface area (Å²) in [7, 11) is 0. The average molecular weight is 301 g/mol. The molecule has 2 nitrogen and oxygen atoms in total. The molecule has 0 aliphatic rings. The predicted octanol–water partition coefficient (Wildman–Crippen LogP) is 4.54. The maximum Gasteiger partial charge on any atom is 0.114 e. The van der Waals surface area contributed by atoms with E-state index in [1.54, 1.807) is 23.6 Å². The van der Waals surface area contributed by atoms with Crippen molar-refractivity contribution in [3.63, 3.8) is 0 Å². The molecule has 1 unspecified atom stereocenters. The quantitative estimate of drug-likeness (QED) is 0.877. The molecule has 0 spiro atoms. The zero-order valence-corrected chi connectivity index (χ0v) is 12.3. The third kappa shape index (κ3) is 3.23. The number of hydrogen-bond acceptors (Lipinski definition) is 3. The minimum atomic E-state index is 0.0103. The van der Waals surface area contributed by atoms with Gasteiger partial charge in [0.2, 0.25) is 0 Å². The fraction of sp³-hybridized carbons (Fsp3) is 0.308. The zero-order valence-electron chi connectivity index (χ0n) is 9.99. The number of halogens is 2. The highest BCUT2D eigenvalue weighted by atomic mass is 35.5. The Balaban J connectivity index is 2.36. The topological polar surface area (TPSA) is 24.9 Å². The molecule has 18 heavy (non-hydrogen) atoms. The van der Waals surface area contributed by atoms with E-state index in [-0.39, 0.29) is 6.04 Å². The van der Waals surface area contributed by atoms with Crippen LogP contribution in [0.5, 0.6) is 0 Å². The fourth-order valence-corrected chi connectivity index (χ4v) is 2.87. The number of hydrogen-bond donors (Lipinski definition) is 1. The SMILES string of the molecule is CCCNC(c1nccs1)c1cc(Cl)ccc1Cl. The summed E-state index contributed by atoms with van der Waals surface area (Å²) in [4.78, 5) is 4.37. The van der Waals surface area contributed by atoms with Gasteiger partial charge in [-0.05, 0) is 36.7 Å². The molecule has 1 N–H and O–H groups in total. The Morgan fingerprint density at radius 3 is 2.89 bits per heavy atom. The van der Waals surface area contributed by atoms with Crippen molar-refractivity contribution >= 4 is 34.5 Å². The smallest absolute Gasteiger partial charge is 0.114 e. The van der Waals surface area contributed by atoms with Gasteiger partial charge in [-0.3, -0.25) is 0 Å². The van der Waals surface area contributed by atoms with E-state index in [0.29, 0.717) is 10.0 Å². The first-order chi connectivity index (χ1) is 8.72. The second kappa shape index (κ2) is 6.53. The average Bonchev–Trinajstić information content (AvgIpc) is 2.88. The van der Waals surface area contributed by atoms with Gasteiger partial charge in [0, 0.05) is 21.6 Å². The third-order valence-electron chi connectivity index (χ3n) is 2.57. The largest absolute Gasteiger partial charge is 0.304 e. The summed E-state index contributed by atoms with van der Waals surface area (Å²) in [5, 5.41) is 7.84. The molecule has 5 heteroatoms. The highest BCUT2D eigenvalue weighted by Crippen LogP contribution is 2.31. The molecular formula is C13H14Cl2N2S. The molecule has 0 aliphatic heterocycles. The maximum absolute atomic E-state index is 6.27. The van der Waals surface area contributed by atoms with E-state index < -0.39 is 0 Å². The van der Waals surface area contributed by atoms with Crippen LogP contribution in [0.2, 0.25) is 10.0 Å². The minimum Gasteiger partial charge on any atom is -0.304 e. The van der Waals surface area contributed by atoms with Gasteiger partial charge in [-0.1, -0.05) is 30.1 Å². The van der Waals surface area contributed by atoms with Crippen LogP contribution in [0, 0.1) is 0 Å². The standard InChI is InChI=1S/C13H14Cl2N2S/c1-2-5-16-12(13-17-6-7-18-13)10-8-9(14)3-4-11(10)15/h3-4,6-8,12,16H,2,5H2,1H3. The molecule has 2 aromatic rings. The van der Waals surface area contributed by atoms with Crippen LogP contribution in [0.1, 0.15) is 30.0 Å². The second-order valence-corrected chi connectivity index (χ2v) is 5.69. The van der Waals surface area contributed by atoms with Gasteiger partial charge in [-0.25, -0.2) is 4.98 Å². The Morgan fingerprint density at radius 1 is 1.39 bits per heavy atom. The van der Waals surface area contributed by atoms with Crippen LogP contribution in [-0.2, 0) is 0 Å². The van der Waals surface area contributed by atoms with Crippen LogP contribution in [0.15, 0.2) is 29.8 Å². The van der Waals surface area contributed by atoms with Crippen molar-refractivity contribution in [2.24, 2.45) is 0 Å². The molecule has 1 heterocycles. The van der Waals surface area contributed by atoms with Crippen molar-refractivity contribution in [3.05, 3.63) is 50.4 Å². The first-order valence-corrected chi connectivity index (χ1v) is 7.43.